The molecule has 3 aromatic rings. The highest BCUT2D eigenvalue weighted by Gasteiger charge is 2.41. The van der Waals surface area contributed by atoms with E-state index in [0.717, 1.165) is 61.8 Å². The molecule has 8 aliphatic carbocycles. The molecule has 12 nitrogen and oxygen atoms in total. The van der Waals surface area contributed by atoms with Crippen LogP contribution >= 0.6 is 47.0 Å². The van der Waals surface area contributed by atoms with Gasteiger partial charge in [0.2, 0.25) is 0 Å². The van der Waals surface area contributed by atoms with Gasteiger partial charge in [-0.3, -0.25) is 9.97 Å². The maximum Gasteiger partial charge on any atom is 0.119 e. The van der Waals surface area contributed by atoms with Crippen molar-refractivity contribution in [3.8, 4) is 0 Å². The predicted molar refractivity (Wildman–Crippen MR) is 384 cm³/mol. The van der Waals surface area contributed by atoms with E-state index in [1.807, 2.05) is 35.9 Å². The van der Waals surface area contributed by atoms with E-state index in [0.29, 0.717) is 59.2 Å². The summed E-state index contributed by atoms with van der Waals surface area (Å²) >= 11 is 8.25. The molecule has 5 aliphatic heterocycles. The minimum Gasteiger partial charge on any atom is -0.494 e. The van der Waals surface area contributed by atoms with E-state index < -0.39 is 0 Å². The Bertz CT molecular complexity index is 2280. The average molecular weight is 1280 g/mol. The number of allylic oxidation sites excluding steroid dienone is 10. The Hall–Kier alpha value is -3.86. The Morgan fingerprint density at radius 3 is 1.06 bits per heavy atom. The van der Waals surface area contributed by atoms with Gasteiger partial charge < -0.3 is 30.7 Å². The highest BCUT2D eigenvalue weighted by atomic mass is 32.2. The molecule has 0 radical (unpaired) electrons. The first-order valence-electron chi connectivity index (χ1n) is 30.3. The van der Waals surface area contributed by atoms with Crippen LogP contribution in [0.15, 0.2) is 91.0 Å². The number of nitrogens with one attached hydrogen (secondary N) is 4. The molecule has 0 saturated carbocycles. The molecular formula is C71H122N10O2S4. The van der Waals surface area contributed by atoms with Crippen molar-refractivity contribution in [1.29, 1.82) is 0 Å². The fourth-order valence-corrected chi connectivity index (χ4v) is 18.3. The Balaban J connectivity index is 0.000000335. The van der Waals surface area contributed by atoms with Crippen LogP contribution in [0.25, 0.3) is 0 Å². The predicted octanol–water partition coefficient (Wildman–Crippen LogP) is 18.4. The number of rotatable bonds is 0. The van der Waals surface area contributed by atoms with Gasteiger partial charge in [-0.1, -0.05) is 163 Å². The largest absolute Gasteiger partial charge is 0.494 e. The number of aromatic nitrogens is 6. The van der Waals surface area contributed by atoms with E-state index in [1.54, 1.807) is 38.2 Å². The molecule has 3 aromatic heterocycles. The molecule has 0 spiro atoms. The van der Waals surface area contributed by atoms with Crippen molar-refractivity contribution in [3.05, 3.63) is 125 Å². The van der Waals surface area contributed by atoms with E-state index in [9.17, 15) is 0 Å². The summed E-state index contributed by atoms with van der Waals surface area (Å²) in [6.07, 6.45) is 9.05. The van der Waals surface area contributed by atoms with Crippen LogP contribution in [-0.2, 0) is 9.47 Å². The second-order valence-electron chi connectivity index (χ2n) is 24.4. The first-order chi connectivity index (χ1) is 38.4. The number of hydrogen-bond acceptors (Lipinski definition) is 16. The lowest BCUT2D eigenvalue weighted by Crippen LogP contribution is -2.41. The molecule has 0 amide bonds. The lowest BCUT2D eigenvalue weighted by Gasteiger charge is -2.40. The number of hydrogen-bond donors (Lipinski definition) is 4. The fraction of sp³-hybridized carbons (Fsp3) is 0.690. The molecule has 0 aromatic carbocycles. The minimum absolute atomic E-state index is 0. The third-order valence-corrected chi connectivity index (χ3v) is 25.6. The van der Waals surface area contributed by atoms with Gasteiger partial charge in [0.15, 0.2) is 0 Å². The number of nitrogens with zero attached hydrogens (tertiary/aromatic N) is 6. The van der Waals surface area contributed by atoms with Gasteiger partial charge in [-0.25, -0.2) is 0 Å². The zero-order valence-corrected chi connectivity index (χ0v) is 54.2. The second kappa shape index (κ2) is 35.1. The summed E-state index contributed by atoms with van der Waals surface area (Å²) in [5.74, 6) is 19.1. The number of fused-ring (bicyclic) bond motifs is 3. The summed E-state index contributed by atoms with van der Waals surface area (Å²) in [6.45, 7) is 42.1. The topological polar surface area (TPSA) is 144 Å². The van der Waals surface area contributed by atoms with Crippen LogP contribution in [-0.4, -0.2) is 92.8 Å². The zero-order chi connectivity index (χ0) is 57.1. The van der Waals surface area contributed by atoms with Gasteiger partial charge in [-0.15, -0.1) is 47.0 Å². The van der Waals surface area contributed by atoms with Crippen LogP contribution in [0.3, 0.4) is 0 Å². The molecule has 0 saturated heterocycles. The Labute approximate surface area is 549 Å². The van der Waals surface area contributed by atoms with Crippen LogP contribution in [0.2, 0.25) is 0 Å². The van der Waals surface area contributed by atoms with Crippen molar-refractivity contribution in [3.63, 3.8) is 0 Å². The van der Waals surface area contributed by atoms with Gasteiger partial charge in [0, 0.05) is 142 Å². The van der Waals surface area contributed by atoms with Crippen LogP contribution in [0.5, 0.6) is 0 Å². The molecular weight excluding hydrogens is 1150 g/mol. The molecule has 492 valence electrons. The van der Waals surface area contributed by atoms with E-state index in [4.69, 9.17) is 9.47 Å². The van der Waals surface area contributed by atoms with Gasteiger partial charge in [0.1, 0.15) is 24.7 Å². The van der Waals surface area contributed by atoms with Crippen LogP contribution in [0.1, 0.15) is 232 Å². The smallest absolute Gasteiger partial charge is 0.119 e. The lowest BCUT2D eigenvalue weighted by atomic mass is 9.72. The van der Waals surface area contributed by atoms with Crippen molar-refractivity contribution in [2.45, 2.75) is 198 Å². The summed E-state index contributed by atoms with van der Waals surface area (Å²) in [5.41, 5.74) is 13.5. The minimum atomic E-state index is 0. The Kier molecular flexibility index (Phi) is 32.0. The lowest BCUT2D eigenvalue weighted by molar-refractivity contribution is 0.103. The monoisotopic (exact) mass is 1270 g/mol. The fourth-order valence-electron chi connectivity index (χ4n) is 12.6. The Morgan fingerprint density at radius 2 is 0.678 bits per heavy atom. The first kappa shape index (κ1) is 79.2. The molecule has 0 fully saturated rings. The third kappa shape index (κ3) is 16.3. The molecule has 16 unspecified atom stereocenters. The third-order valence-electron chi connectivity index (χ3n) is 20.0. The average Bonchev–Trinajstić information content (AvgIpc) is 1.86. The standard InChI is InChI=1S/3C8H10N2.2C8H13NO.2C8H13NS.C8H12S2.7CH4/c1-5-6(2)8-4-10-9-3-7(5)8;1-5-6(2)8-7(5)9-3-4-10-8;1-5-6(2)8-7(5)3-4-9-10-8;5*1-5-6(2)8-7(5)9-3-4-10-8;;;;;;;/h3*3-6H,1-2H3;4*5-6,9H,3-4H2,1-2H3;5-6H,3-4H2,1-2H3;7*1H4. The van der Waals surface area contributed by atoms with Crippen molar-refractivity contribution in [1.82, 2.24) is 51.6 Å². The molecule has 8 heterocycles. The summed E-state index contributed by atoms with van der Waals surface area (Å²) in [6, 6.07) is 2.06. The quantitative estimate of drug-likeness (QED) is 0.169. The molecule has 87 heavy (non-hydrogen) atoms. The Morgan fingerprint density at radius 1 is 0.333 bits per heavy atom. The second-order valence-corrected chi connectivity index (χ2v) is 28.9. The molecule has 16 rings (SSSR count). The first-order valence-corrected chi connectivity index (χ1v) is 34.2. The summed E-state index contributed by atoms with van der Waals surface area (Å²) in [5, 5.41) is 29.2. The summed E-state index contributed by atoms with van der Waals surface area (Å²) < 4.78 is 11.0. The highest BCUT2D eigenvalue weighted by Crippen LogP contribution is 2.54. The van der Waals surface area contributed by atoms with Crippen LogP contribution in [0, 0.1) is 59.2 Å². The highest BCUT2D eigenvalue weighted by molar-refractivity contribution is 8.10. The van der Waals surface area contributed by atoms with Crippen LogP contribution in [0.4, 0.5) is 0 Å². The summed E-state index contributed by atoms with van der Waals surface area (Å²) in [4.78, 5) is 15.1. The van der Waals surface area contributed by atoms with Gasteiger partial charge in [-0.2, -0.15) is 20.4 Å². The van der Waals surface area contributed by atoms with Crippen molar-refractivity contribution >= 4 is 47.0 Å². The van der Waals surface area contributed by atoms with E-state index in [-0.39, 0.29) is 52.0 Å². The van der Waals surface area contributed by atoms with Gasteiger partial charge in [-0.05, 0) is 74.0 Å². The van der Waals surface area contributed by atoms with Gasteiger partial charge in [0.25, 0.3) is 0 Å². The van der Waals surface area contributed by atoms with E-state index >= 15 is 0 Å². The number of thioether (sulfide) groups is 4. The molecule has 13 aliphatic rings. The molecule has 4 N–H and O–H groups in total. The SMILES string of the molecule is C.C.C.C.C.C.C.CC1C2=C(OCCN2)C1C.CC1C2=C(OCCN2)C1C.CC1C2=C(SCCN2)C1C.CC1C2=C(SCCN2)C1C.CC1C2=C(SCCS2)C1C.CC1c2ccnnc2C1C.CC1c2cnncc2C1C.CC1c2nccnc2C1C. The maximum atomic E-state index is 5.48. The molecule has 0 bridgehead atoms. The molecule has 16 atom stereocenters. The zero-order valence-electron chi connectivity index (χ0n) is 50.9. The van der Waals surface area contributed by atoms with Crippen molar-refractivity contribution in [2.24, 2.45) is 59.2 Å². The number of ether oxygens (including phenoxy) is 2. The van der Waals surface area contributed by atoms with Crippen molar-refractivity contribution in [2.75, 3.05) is 62.4 Å². The van der Waals surface area contributed by atoms with E-state index in [2.05, 4.69) is 192 Å². The maximum absolute atomic E-state index is 5.48. The summed E-state index contributed by atoms with van der Waals surface area (Å²) in [7, 11) is 0. The van der Waals surface area contributed by atoms with Gasteiger partial charge >= 0.3 is 0 Å². The van der Waals surface area contributed by atoms with Gasteiger partial charge in [0.05, 0.1) is 40.9 Å². The van der Waals surface area contributed by atoms with E-state index in [1.165, 1.54) is 104 Å². The van der Waals surface area contributed by atoms with Crippen LogP contribution < -0.4 is 21.3 Å². The normalized spacial score (nSPS) is 31.9. The van der Waals surface area contributed by atoms with Crippen molar-refractivity contribution < 1.29 is 9.47 Å². The molecule has 16 heteroatoms.